The van der Waals surface area contributed by atoms with Crippen molar-refractivity contribution in [3.8, 4) is 0 Å². The largest absolute Gasteiger partial charge is 0.389 e. The molecule has 0 heterocycles. The summed E-state index contributed by atoms with van der Waals surface area (Å²) in [5.41, 5.74) is 4.83. The highest BCUT2D eigenvalue weighted by molar-refractivity contribution is 7.80. The molecule has 0 saturated heterocycles. The zero-order valence-corrected chi connectivity index (χ0v) is 11.4. The van der Waals surface area contributed by atoms with Crippen LogP contribution in [-0.4, -0.2) is 4.99 Å². The van der Waals surface area contributed by atoms with E-state index in [9.17, 15) is 17.6 Å². The van der Waals surface area contributed by atoms with Crippen LogP contribution in [0.15, 0.2) is 30.3 Å². The highest BCUT2D eigenvalue weighted by Crippen LogP contribution is 2.22. The number of anilines is 1. The fraction of sp³-hybridized carbons (Fsp3) is 0.0714. The molecule has 2 aromatic carbocycles. The van der Waals surface area contributed by atoms with Gasteiger partial charge in [-0.25, -0.2) is 17.6 Å². The van der Waals surface area contributed by atoms with Crippen LogP contribution >= 0.6 is 12.2 Å². The molecule has 0 aliphatic carbocycles. The Hall–Kier alpha value is -2.15. The van der Waals surface area contributed by atoms with E-state index < -0.39 is 29.0 Å². The van der Waals surface area contributed by atoms with Crippen molar-refractivity contribution >= 4 is 22.9 Å². The third-order valence-electron chi connectivity index (χ3n) is 2.79. The Morgan fingerprint density at radius 3 is 2.19 bits per heavy atom. The standard InChI is InChI=1S/C14H10F4N2S/c15-9-1-2-10(16)8(3-9)6-20-13-11(17)4-7(14(19)21)5-12(13)18/h1-5,20H,6H2,(H2,19,21). The quantitative estimate of drug-likeness (QED) is 0.670. The number of thiocarbonyl (C=S) groups is 1. The predicted molar refractivity (Wildman–Crippen MR) is 75.9 cm³/mol. The maximum absolute atomic E-state index is 13.8. The molecule has 0 atom stereocenters. The summed E-state index contributed by atoms with van der Waals surface area (Å²) in [6.07, 6.45) is 0. The molecular formula is C14H10F4N2S. The van der Waals surface area contributed by atoms with Gasteiger partial charge in [0.1, 0.15) is 33.9 Å². The number of hydrogen-bond donors (Lipinski definition) is 2. The predicted octanol–water partition coefficient (Wildman–Crippen LogP) is 3.49. The zero-order valence-electron chi connectivity index (χ0n) is 10.6. The molecule has 2 nitrogen and oxygen atoms in total. The molecule has 0 amide bonds. The Balaban J connectivity index is 2.24. The smallest absolute Gasteiger partial charge is 0.150 e. The highest BCUT2D eigenvalue weighted by atomic mass is 32.1. The Kier molecular flexibility index (Phi) is 4.42. The van der Waals surface area contributed by atoms with Crippen molar-refractivity contribution in [2.45, 2.75) is 6.54 Å². The van der Waals surface area contributed by atoms with Crippen molar-refractivity contribution in [1.29, 1.82) is 0 Å². The maximum Gasteiger partial charge on any atom is 0.150 e. The van der Waals surface area contributed by atoms with E-state index in [-0.39, 0.29) is 22.7 Å². The summed E-state index contributed by atoms with van der Waals surface area (Å²) in [5, 5.41) is 2.39. The van der Waals surface area contributed by atoms with Gasteiger partial charge >= 0.3 is 0 Å². The minimum atomic E-state index is -0.922. The van der Waals surface area contributed by atoms with E-state index >= 15 is 0 Å². The average molecular weight is 314 g/mol. The van der Waals surface area contributed by atoms with Crippen LogP contribution in [0.5, 0.6) is 0 Å². The van der Waals surface area contributed by atoms with Gasteiger partial charge in [0.2, 0.25) is 0 Å². The molecule has 0 spiro atoms. The van der Waals surface area contributed by atoms with E-state index in [4.69, 9.17) is 5.73 Å². The number of nitrogens with one attached hydrogen (secondary N) is 1. The van der Waals surface area contributed by atoms with Crippen LogP contribution in [0.25, 0.3) is 0 Å². The van der Waals surface area contributed by atoms with Crippen LogP contribution in [0, 0.1) is 23.3 Å². The lowest BCUT2D eigenvalue weighted by Crippen LogP contribution is -2.12. The second-order valence-corrected chi connectivity index (χ2v) is 4.71. The molecule has 0 aromatic heterocycles. The number of rotatable bonds is 4. The van der Waals surface area contributed by atoms with E-state index in [0.717, 1.165) is 30.3 Å². The molecule has 2 aromatic rings. The Bertz CT molecular complexity index is 680. The van der Waals surface area contributed by atoms with Gasteiger partial charge in [-0.2, -0.15) is 0 Å². The molecule has 0 radical (unpaired) electrons. The first-order valence-corrected chi connectivity index (χ1v) is 6.26. The number of halogens is 4. The minimum Gasteiger partial charge on any atom is -0.389 e. The molecule has 2 rings (SSSR count). The molecule has 0 saturated carbocycles. The Morgan fingerprint density at radius 2 is 1.62 bits per heavy atom. The molecule has 0 unspecified atom stereocenters. The summed E-state index contributed by atoms with van der Waals surface area (Å²) in [6, 6.07) is 4.78. The fourth-order valence-electron chi connectivity index (χ4n) is 1.75. The van der Waals surface area contributed by atoms with Gasteiger partial charge in [0, 0.05) is 17.7 Å². The first kappa shape index (κ1) is 15.2. The first-order chi connectivity index (χ1) is 9.88. The van der Waals surface area contributed by atoms with E-state index in [1.165, 1.54) is 0 Å². The summed E-state index contributed by atoms with van der Waals surface area (Å²) in [5.74, 6) is -3.16. The van der Waals surface area contributed by atoms with E-state index in [0.29, 0.717) is 0 Å². The summed E-state index contributed by atoms with van der Waals surface area (Å²) >= 11 is 4.63. The Labute approximate surface area is 123 Å². The van der Waals surface area contributed by atoms with Crippen LogP contribution in [0.3, 0.4) is 0 Å². The molecule has 3 N–H and O–H groups in total. The van der Waals surface area contributed by atoms with Gasteiger partial charge < -0.3 is 11.1 Å². The van der Waals surface area contributed by atoms with Crippen molar-refractivity contribution in [2.75, 3.05) is 5.32 Å². The van der Waals surface area contributed by atoms with Gasteiger partial charge in [0.05, 0.1) is 0 Å². The molecule has 110 valence electrons. The lowest BCUT2D eigenvalue weighted by Gasteiger charge is -2.11. The number of hydrogen-bond acceptors (Lipinski definition) is 2. The lowest BCUT2D eigenvalue weighted by atomic mass is 10.1. The van der Waals surface area contributed by atoms with Crippen molar-refractivity contribution in [2.24, 2.45) is 5.73 Å². The van der Waals surface area contributed by atoms with Gasteiger partial charge in [-0.05, 0) is 30.3 Å². The van der Waals surface area contributed by atoms with Crippen LogP contribution in [-0.2, 0) is 6.54 Å². The second kappa shape index (κ2) is 6.09. The van der Waals surface area contributed by atoms with Gasteiger partial charge in [-0.15, -0.1) is 0 Å². The minimum absolute atomic E-state index is 0.0440. The molecule has 0 fully saturated rings. The van der Waals surface area contributed by atoms with Crippen LogP contribution in [0.4, 0.5) is 23.2 Å². The monoisotopic (exact) mass is 314 g/mol. The van der Waals surface area contributed by atoms with Crippen molar-refractivity contribution < 1.29 is 17.6 Å². The topological polar surface area (TPSA) is 38.0 Å². The molecule has 0 bridgehead atoms. The normalized spacial score (nSPS) is 10.5. The van der Waals surface area contributed by atoms with Crippen molar-refractivity contribution in [3.05, 3.63) is 64.7 Å². The third kappa shape index (κ3) is 3.49. The molecule has 0 aliphatic rings. The summed E-state index contributed by atoms with van der Waals surface area (Å²) in [6.45, 7) is -0.274. The highest BCUT2D eigenvalue weighted by Gasteiger charge is 2.13. The van der Waals surface area contributed by atoms with Gasteiger partial charge in [0.25, 0.3) is 0 Å². The van der Waals surface area contributed by atoms with Gasteiger partial charge in [-0.1, -0.05) is 12.2 Å². The van der Waals surface area contributed by atoms with Gasteiger partial charge in [-0.3, -0.25) is 0 Å². The summed E-state index contributed by atoms with van der Waals surface area (Å²) < 4.78 is 54.0. The summed E-state index contributed by atoms with van der Waals surface area (Å²) in [4.78, 5) is -0.143. The van der Waals surface area contributed by atoms with E-state index in [2.05, 4.69) is 17.5 Å². The van der Waals surface area contributed by atoms with Crippen LogP contribution < -0.4 is 11.1 Å². The van der Waals surface area contributed by atoms with Crippen molar-refractivity contribution in [3.63, 3.8) is 0 Å². The molecular weight excluding hydrogens is 304 g/mol. The Morgan fingerprint density at radius 1 is 1.00 bits per heavy atom. The van der Waals surface area contributed by atoms with E-state index in [1.807, 2.05) is 0 Å². The molecule has 7 heteroatoms. The van der Waals surface area contributed by atoms with Crippen molar-refractivity contribution in [1.82, 2.24) is 0 Å². The zero-order chi connectivity index (χ0) is 15.6. The average Bonchev–Trinajstić information content (AvgIpc) is 2.41. The fourth-order valence-corrected chi connectivity index (χ4v) is 1.86. The molecule has 21 heavy (non-hydrogen) atoms. The number of nitrogens with two attached hydrogens (primary N) is 1. The van der Waals surface area contributed by atoms with E-state index in [1.54, 1.807) is 0 Å². The summed E-state index contributed by atoms with van der Waals surface area (Å²) in [7, 11) is 0. The second-order valence-electron chi connectivity index (χ2n) is 4.27. The SMILES string of the molecule is NC(=S)c1cc(F)c(NCc2cc(F)ccc2F)c(F)c1. The first-order valence-electron chi connectivity index (χ1n) is 5.85. The third-order valence-corrected chi connectivity index (χ3v) is 3.03. The van der Waals surface area contributed by atoms with Crippen LogP contribution in [0.2, 0.25) is 0 Å². The lowest BCUT2D eigenvalue weighted by molar-refractivity contribution is 0.579. The van der Waals surface area contributed by atoms with Crippen LogP contribution in [0.1, 0.15) is 11.1 Å². The molecule has 0 aliphatic heterocycles. The maximum atomic E-state index is 13.8. The van der Waals surface area contributed by atoms with Gasteiger partial charge in [0.15, 0.2) is 0 Å². The number of benzene rings is 2.